The van der Waals surface area contributed by atoms with Gasteiger partial charge in [-0.05, 0) is 55.8 Å². The minimum atomic E-state index is -0.325. The van der Waals surface area contributed by atoms with Gasteiger partial charge in [0, 0.05) is 11.3 Å². The minimum absolute atomic E-state index is 0.0875. The lowest BCUT2D eigenvalue weighted by Crippen LogP contribution is -2.21. The predicted molar refractivity (Wildman–Crippen MR) is 135 cm³/mol. The van der Waals surface area contributed by atoms with E-state index in [2.05, 4.69) is 20.7 Å². The zero-order valence-electron chi connectivity index (χ0n) is 19.3. The number of rotatable bonds is 9. The fourth-order valence-electron chi connectivity index (χ4n) is 3.29. The topological polar surface area (TPSA) is 81.4 Å². The number of thioether (sulfide) groups is 1. The molecule has 0 spiro atoms. The Morgan fingerprint density at radius 3 is 2.43 bits per heavy atom. The molecule has 0 aliphatic carbocycles. The van der Waals surface area contributed by atoms with Gasteiger partial charge in [0.2, 0.25) is 0 Å². The first-order valence-electron chi connectivity index (χ1n) is 11.0. The van der Waals surface area contributed by atoms with Gasteiger partial charge in [0.25, 0.3) is 5.91 Å². The highest BCUT2D eigenvalue weighted by Gasteiger charge is 2.17. The van der Waals surface area contributed by atoms with E-state index in [4.69, 9.17) is 4.74 Å². The summed E-state index contributed by atoms with van der Waals surface area (Å²) in [5.74, 6) is 0.910. The van der Waals surface area contributed by atoms with Crippen molar-refractivity contribution in [3.63, 3.8) is 0 Å². The van der Waals surface area contributed by atoms with Crippen molar-refractivity contribution in [1.82, 2.24) is 20.2 Å². The van der Waals surface area contributed by atoms with Crippen molar-refractivity contribution in [1.29, 1.82) is 0 Å². The van der Waals surface area contributed by atoms with E-state index in [1.165, 1.54) is 23.9 Å². The van der Waals surface area contributed by atoms with Gasteiger partial charge in [-0.3, -0.25) is 9.36 Å². The fourth-order valence-corrected chi connectivity index (χ4v) is 4.04. The Labute approximate surface area is 207 Å². The molecule has 0 aliphatic heterocycles. The Balaban J connectivity index is 1.52. The number of hydrazone groups is 1. The molecule has 7 nitrogen and oxygen atoms in total. The van der Waals surface area contributed by atoms with Crippen molar-refractivity contribution in [2.24, 2.45) is 5.10 Å². The maximum absolute atomic E-state index is 13.1. The molecule has 0 unspecified atom stereocenters. The normalized spacial score (nSPS) is 11.3. The lowest BCUT2D eigenvalue weighted by atomic mass is 10.1. The molecule has 9 heteroatoms. The lowest BCUT2D eigenvalue weighted by molar-refractivity contribution is -0.118. The molecule has 1 amide bonds. The second-order valence-electron chi connectivity index (χ2n) is 7.46. The smallest absolute Gasteiger partial charge is 0.250 e. The van der Waals surface area contributed by atoms with E-state index in [0.29, 0.717) is 23.3 Å². The minimum Gasteiger partial charge on any atom is -0.494 e. The summed E-state index contributed by atoms with van der Waals surface area (Å²) in [6.07, 6.45) is 0. The van der Waals surface area contributed by atoms with E-state index in [9.17, 15) is 9.18 Å². The molecule has 4 rings (SSSR count). The maximum Gasteiger partial charge on any atom is 0.250 e. The number of halogens is 1. The first kappa shape index (κ1) is 24.2. The molecule has 0 saturated heterocycles. The summed E-state index contributed by atoms with van der Waals surface area (Å²) >= 11 is 1.26. The van der Waals surface area contributed by atoms with Crippen LogP contribution >= 0.6 is 11.8 Å². The van der Waals surface area contributed by atoms with Crippen LogP contribution in [-0.4, -0.2) is 38.7 Å². The van der Waals surface area contributed by atoms with Crippen molar-refractivity contribution in [3.05, 3.63) is 90.2 Å². The summed E-state index contributed by atoms with van der Waals surface area (Å²) in [7, 11) is 0. The number of benzene rings is 3. The molecule has 0 aliphatic rings. The Morgan fingerprint density at radius 2 is 1.74 bits per heavy atom. The molecule has 1 heterocycles. The molecule has 0 saturated carbocycles. The molecule has 3 aromatic carbocycles. The zero-order valence-corrected chi connectivity index (χ0v) is 20.1. The van der Waals surface area contributed by atoms with Crippen LogP contribution in [-0.2, 0) is 4.79 Å². The molecule has 178 valence electrons. The van der Waals surface area contributed by atoms with Crippen molar-refractivity contribution >= 4 is 23.4 Å². The highest BCUT2D eigenvalue weighted by Crippen LogP contribution is 2.28. The zero-order chi connectivity index (χ0) is 24.6. The molecule has 0 atom stereocenters. The third kappa shape index (κ3) is 6.13. The monoisotopic (exact) mass is 489 g/mol. The van der Waals surface area contributed by atoms with E-state index in [-0.39, 0.29) is 17.5 Å². The molecule has 1 N–H and O–H groups in total. The standard InChI is InChI=1S/C26H24FN5O2S/c1-3-34-23-15-13-22(14-16-23)32-25(20-7-5-4-6-8-20)30-31-26(32)35-17-24(33)29-28-18(2)19-9-11-21(27)12-10-19/h4-16H,3,17H2,1-2H3,(H,29,33). The highest BCUT2D eigenvalue weighted by molar-refractivity contribution is 7.99. The van der Waals surface area contributed by atoms with E-state index >= 15 is 0 Å². The largest absolute Gasteiger partial charge is 0.494 e. The fraction of sp³-hybridized carbons (Fsp3) is 0.154. The second-order valence-corrected chi connectivity index (χ2v) is 8.40. The Kier molecular flexibility index (Phi) is 7.89. The number of hydrogen-bond acceptors (Lipinski definition) is 6. The number of amides is 1. The highest BCUT2D eigenvalue weighted by atomic mass is 32.2. The van der Waals surface area contributed by atoms with E-state index in [1.807, 2.05) is 66.1 Å². The quantitative estimate of drug-likeness (QED) is 0.201. The van der Waals surface area contributed by atoms with Gasteiger partial charge in [-0.2, -0.15) is 5.10 Å². The number of carbonyl (C=O) groups is 1. The van der Waals surface area contributed by atoms with Crippen LogP contribution in [0.25, 0.3) is 17.1 Å². The number of nitrogens with one attached hydrogen (secondary N) is 1. The summed E-state index contributed by atoms with van der Waals surface area (Å²) < 4.78 is 20.6. The maximum atomic E-state index is 13.1. The SMILES string of the molecule is CCOc1ccc(-n2c(SCC(=O)NN=C(C)c3ccc(F)cc3)nnc2-c2ccccc2)cc1. The van der Waals surface area contributed by atoms with Crippen LogP contribution in [0.2, 0.25) is 0 Å². The number of ether oxygens (including phenoxy) is 1. The molecule has 4 aromatic rings. The van der Waals surface area contributed by atoms with Crippen molar-refractivity contribution in [3.8, 4) is 22.8 Å². The van der Waals surface area contributed by atoms with Crippen LogP contribution in [0.3, 0.4) is 0 Å². The predicted octanol–water partition coefficient (Wildman–Crippen LogP) is 5.10. The Bertz CT molecular complexity index is 1310. The van der Waals surface area contributed by atoms with Crippen LogP contribution in [0.1, 0.15) is 19.4 Å². The van der Waals surface area contributed by atoms with Crippen molar-refractivity contribution in [2.45, 2.75) is 19.0 Å². The van der Waals surface area contributed by atoms with Gasteiger partial charge >= 0.3 is 0 Å². The van der Waals surface area contributed by atoms with E-state index in [1.54, 1.807) is 19.1 Å². The summed E-state index contributed by atoms with van der Waals surface area (Å²) in [5.41, 5.74) is 5.61. The number of aromatic nitrogens is 3. The number of carbonyl (C=O) groups excluding carboxylic acids is 1. The van der Waals surface area contributed by atoms with Gasteiger partial charge < -0.3 is 4.74 Å². The van der Waals surface area contributed by atoms with Crippen LogP contribution in [0.4, 0.5) is 4.39 Å². The third-order valence-electron chi connectivity index (χ3n) is 5.01. The number of nitrogens with zero attached hydrogens (tertiary/aromatic N) is 4. The van der Waals surface area contributed by atoms with Gasteiger partial charge in [0.15, 0.2) is 11.0 Å². The molecule has 0 radical (unpaired) electrons. The Hall–Kier alpha value is -3.98. The van der Waals surface area contributed by atoms with Gasteiger partial charge in [0.05, 0.1) is 18.1 Å². The van der Waals surface area contributed by atoms with Crippen molar-refractivity contribution < 1.29 is 13.9 Å². The Morgan fingerprint density at radius 1 is 1.03 bits per heavy atom. The second kappa shape index (κ2) is 11.4. The molecular weight excluding hydrogens is 465 g/mol. The average molecular weight is 490 g/mol. The summed E-state index contributed by atoms with van der Waals surface area (Å²) in [5, 5.41) is 13.4. The first-order chi connectivity index (χ1) is 17.0. The van der Waals surface area contributed by atoms with Crippen LogP contribution < -0.4 is 10.2 Å². The van der Waals surface area contributed by atoms with Gasteiger partial charge in [-0.25, -0.2) is 9.82 Å². The van der Waals surface area contributed by atoms with Crippen molar-refractivity contribution in [2.75, 3.05) is 12.4 Å². The summed E-state index contributed by atoms with van der Waals surface area (Å²) in [4.78, 5) is 12.5. The average Bonchev–Trinajstić information content (AvgIpc) is 3.31. The molecule has 35 heavy (non-hydrogen) atoms. The molecule has 0 fully saturated rings. The van der Waals surface area contributed by atoms with Crippen LogP contribution in [0.5, 0.6) is 5.75 Å². The molecule has 1 aromatic heterocycles. The van der Waals surface area contributed by atoms with Crippen LogP contribution in [0, 0.1) is 5.82 Å². The lowest BCUT2D eigenvalue weighted by Gasteiger charge is -2.11. The van der Waals surface area contributed by atoms with Crippen LogP contribution in [0.15, 0.2) is 89.1 Å². The summed E-state index contributed by atoms with van der Waals surface area (Å²) in [6.45, 7) is 4.27. The molecule has 0 bridgehead atoms. The van der Waals surface area contributed by atoms with Gasteiger partial charge in [0.1, 0.15) is 11.6 Å². The molecular formula is C26H24FN5O2S. The van der Waals surface area contributed by atoms with Gasteiger partial charge in [-0.15, -0.1) is 10.2 Å². The van der Waals surface area contributed by atoms with Gasteiger partial charge in [-0.1, -0.05) is 54.2 Å². The first-order valence-corrected chi connectivity index (χ1v) is 12.0. The summed E-state index contributed by atoms with van der Waals surface area (Å²) in [6, 6.07) is 23.3. The third-order valence-corrected chi connectivity index (χ3v) is 5.94. The van der Waals surface area contributed by atoms with E-state index < -0.39 is 0 Å². The van der Waals surface area contributed by atoms with E-state index in [0.717, 1.165) is 22.6 Å². The number of hydrogen-bond donors (Lipinski definition) is 1.